The zero-order valence-electron chi connectivity index (χ0n) is 8.82. The first kappa shape index (κ1) is 11.9. The van der Waals surface area contributed by atoms with Crippen LogP contribution in [0.15, 0.2) is 24.4 Å². The van der Waals surface area contributed by atoms with Crippen molar-refractivity contribution in [3.05, 3.63) is 34.7 Å². The fraction of sp³-hybridized carbons (Fsp3) is 0.100. The third-order valence-corrected chi connectivity index (χ3v) is 2.25. The van der Waals surface area contributed by atoms with Crippen LogP contribution in [0.3, 0.4) is 0 Å². The third-order valence-electron chi connectivity index (χ3n) is 1.87. The summed E-state index contributed by atoms with van der Waals surface area (Å²) in [7, 11) is 1.55. The molecule has 0 aliphatic rings. The van der Waals surface area contributed by atoms with Gasteiger partial charge in [0.05, 0.1) is 19.0 Å². The molecule has 0 aliphatic heterocycles. The summed E-state index contributed by atoms with van der Waals surface area (Å²) in [6.07, 6.45) is 1.59. The molecule has 0 fully saturated rings. The first-order valence-corrected chi connectivity index (χ1v) is 5.40. The minimum absolute atomic E-state index is 0.272. The van der Waals surface area contributed by atoms with E-state index in [1.54, 1.807) is 25.4 Å². The maximum Gasteiger partial charge on any atom is 0.230 e. The molecular formula is C10H8Cl2N4O. The Kier molecular flexibility index (Phi) is 3.61. The van der Waals surface area contributed by atoms with Crippen LogP contribution in [0.25, 0.3) is 0 Å². The van der Waals surface area contributed by atoms with Crippen molar-refractivity contribution >= 4 is 34.8 Å². The van der Waals surface area contributed by atoms with Gasteiger partial charge in [-0.25, -0.2) is 15.0 Å². The molecule has 0 aromatic carbocycles. The Morgan fingerprint density at radius 2 is 1.88 bits per heavy atom. The summed E-state index contributed by atoms with van der Waals surface area (Å²) < 4.78 is 4.95. The molecule has 7 heteroatoms. The average Bonchev–Trinajstić information content (AvgIpc) is 2.28. The van der Waals surface area contributed by atoms with Crippen LogP contribution in [0.4, 0.5) is 11.6 Å². The minimum atomic E-state index is 0.272. The number of pyridine rings is 1. The van der Waals surface area contributed by atoms with Gasteiger partial charge in [0.25, 0.3) is 0 Å². The van der Waals surface area contributed by atoms with Gasteiger partial charge in [-0.05, 0) is 6.07 Å². The minimum Gasteiger partial charge on any atom is -0.481 e. The van der Waals surface area contributed by atoms with Crippen LogP contribution in [0, 0.1) is 0 Å². The lowest BCUT2D eigenvalue weighted by molar-refractivity contribution is 0.398. The van der Waals surface area contributed by atoms with Gasteiger partial charge in [0, 0.05) is 12.1 Å². The van der Waals surface area contributed by atoms with Gasteiger partial charge in [-0.3, -0.25) is 0 Å². The van der Waals surface area contributed by atoms with Crippen molar-refractivity contribution in [1.29, 1.82) is 0 Å². The molecule has 1 N–H and O–H groups in total. The summed E-state index contributed by atoms with van der Waals surface area (Å²) in [5.41, 5.74) is 0.712. The predicted molar refractivity (Wildman–Crippen MR) is 66.1 cm³/mol. The van der Waals surface area contributed by atoms with Crippen LogP contribution in [0.2, 0.25) is 10.3 Å². The predicted octanol–water partition coefficient (Wildman–Crippen LogP) is 2.93. The van der Waals surface area contributed by atoms with E-state index in [0.717, 1.165) is 0 Å². The van der Waals surface area contributed by atoms with Crippen LogP contribution in [0.5, 0.6) is 5.88 Å². The molecule has 0 amide bonds. The maximum atomic E-state index is 5.75. The summed E-state index contributed by atoms with van der Waals surface area (Å²) in [4.78, 5) is 12.0. The monoisotopic (exact) mass is 270 g/mol. The lowest BCUT2D eigenvalue weighted by Crippen LogP contribution is -1.98. The first-order valence-electron chi connectivity index (χ1n) is 4.64. The lowest BCUT2D eigenvalue weighted by atomic mass is 10.4. The SMILES string of the molecule is COc1ccc(Nc2nc(Cl)cc(Cl)n2)cn1. The summed E-state index contributed by atoms with van der Waals surface area (Å²) in [5.74, 6) is 0.843. The number of methoxy groups -OCH3 is 1. The molecule has 0 atom stereocenters. The van der Waals surface area contributed by atoms with Gasteiger partial charge in [-0.1, -0.05) is 23.2 Å². The van der Waals surface area contributed by atoms with Gasteiger partial charge in [0.2, 0.25) is 11.8 Å². The van der Waals surface area contributed by atoms with Gasteiger partial charge in [0.15, 0.2) is 0 Å². The fourth-order valence-corrected chi connectivity index (χ4v) is 1.57. The number of rotatable bonds is 3. The van der Waals surface area contributed by atoms with E-state index < -0.39 is 0 Å². The van der Waals surface area contributed by atoms with Crippen molar-refractivity contribution in [2.24, 2.45) is 0 Å². The molecule has 0 spiro atoms. The zero-order chi connectivity index (χ0) is 12.3. The molecule has 0 saturated carbocycles. The van der Waals surface area contributed by atoms with Gasteiger partial charge in [-0.2, -0.15) is 0 Å². The Morgan fingerprint density at radius 3 is 2.41 bits per heavy atom. The number of halogens is 2. The quantitative estimate of drug-likeness (QED) is 0.869. The van der Waals surface area contributed by atoms with Crippen molar-refractivity contribution in [1.82, 2.24) is 15.0 Å². The van der Waals surface area contributed by atoms with E-state index in [0.29, 0.717) is 17.5 Å². The van der Waals surface area contributed by atoms with Crippen LogP contribution in [-0.4, -0.2) is 22.1 Å². The van der Waals surface area contributed by atoms with Crippen molar-refractivity contribution < 1.29 is 4.74 Å². The Labute approximate surface area is 108 Å². The Balaban J connectivity index is 2.19. The van der Waals surface area contributed by atoms with Crippen LogP contribution in [-0.2, 0) is 0 Å². The molecule has 0 bridgehead atoms. The maximum absolute atomic E-state index is 5.75. The number of nitrogens with one attached hydrogen (secondary N) is 1. The molecular weight excluding hydrogens is 263 g/mol. The molecule has 2 aromatic rings. The highest BCUT2D eigenvalue weighted by atomic mass is 35.5. The molecule has 0 unspecified atom stereocenters. The van der Waals surface area contributed by atoms with Crippen LogP contribution < -0.4 is 10.1 Å². The normalized spacial score (nSPS) is 10.1. The van der Waals surface area contributed by atoms with E-state index >= 15 is 0 Å². The van der Waals surface area contributed by atoms with Crippen molar-refractivity contribution in [2.75, 3.05) is 12.4 Å². The number of aromatic nitrogens is 3. The molecule has 2 heterocycles. The summed E-state index contributed by atoms with van der Waals surface area (Å²) >= 11 is 11.5. The summed E-state index contributed by atoms with van der Waals surface area (Å²) in [6.45, 7) is 0. The number of ether oxygens (including phenoxy) is 1. The molecule has 2 rings (SSSR count). The second-order valence-corrected chi connectivity index (χ2v) is 3.83. The largest absolute Gasteiger partial charge is 0.481 e. The van der Waals surface area contributed by atoms with E-state index in [4.69, 9.17) is 27.9 Å². The highest BCUT2D eigenvalue weighted by molar-refractivity contribution is 6.33. The Hall–Kier alpha value is -1.59. The zero-order valence-corrected chi connectivity index (χ0v) is 10.3. The number of nitrogens with zero attached hydrogens (tertiary/aromatic N) is 3. The highest BCUT2D eigenvalue weighted by Gasteiger charge is 2.02. The Morgan fingerprint density at radius 1 is 1.18 bits per heavy atom. The molecule has 2 aromatic heterocycles. The van der Waals surface area contributed by atoms with Crippen molar-refractivity contribution in [3.8, 4) is 5.88 Å². The van der Waals surface area contributed by atoms with E-state index in [9.17, 15) is 0 Å². The number of hydrogen-bond acceptors (Lipinski definition) is 5. The molecule has 0 aliphatic carbocycles. The second kappa shape index (κ2) is 5.16. The van der Waals surface area contributed by atoms with E-state index in [-0.39, 0.29) is 10.3 Å². The van der Waals surface area contributed by atoms with Crippen LogP contribution in [0.1, 0.15) is 0 Å². The second-order valence-electron chi connectivity index (χ2n) is 3.05. The fourth-order valence-electron chi connectivity index (χ4n) is 1.15. The van der Waals surface area contributed by atoms with Gasteiger partial charge < -0.3 is 10.1 Å². The number of anilines is 2. The standard InChI is InChI=1S/C10H8Cl2N4O/c1-17-9-3-2-6(5-13-9)14-10-15-7(11)4-8(12)16-10/h2-5H,1H3,(H,14,15,16). The highest BCUT2D eigenvalue weighted by Crippen LogP contribution is 2.18. The van der Waals surface area contributed by atoms with E-state index in [1.807, 2.05) is 0 Å². The third kappa shape index (κ3) is 3.18. The first-order chi connectivity index (χ1) is 8.17. The summed E-state index contributed by atoms with van der Waals surface area (Å²) in [6, 6.07) is 4.96. The van der Waals surface area contributed by atoms with Gasteiger partial charge >= 0.3 is 0 Å². The Bertz CT molecular complexity index is 498. The van der Waals surface area contributed by atoms with E-state index in [1.165, 1.54) is 6.07 Å². The average molecular weight is 271 g/mol. The molecule has 0 radical (unpaired) electrons. The van der Waals surface area contributed by atoms with E-state index in [2.05, 4.69) is 20.3 Å². The molecule has 88 valence electrons. The number of hydrogen-bond donors (Lipinski definition) is 1. The lowest BCUT2D eigenvalue weighted by Gasteiger charge is -2.05. The summed E-state index contributed by atoms with van der Waals surface area (Å²) in [5, 5.41) is 3.47. The smallest absolute Gasteiger partial charge is 0.230 e. The van der Waals surface area contributed by atoms with Gasteiger partial charge in [-0.15, -0.1) is 0 Å². The van der Waals surface area contributed by atoms with Crippen LogP contribution >= 0.6 is 23.2 Å². The topological polar surface area (TPSA) is 59.9 Å². The molecule has 5 nitrogen and oxygen atoms in total. The van der Waals surface area contributed by atoms with Gasteiger partial charge in [0.1, 0.15) is 10.3 Å². The molecule has 0 saturated heterocycles. The van der Waals surface area contributed by atoms with Crippen molar-refractivity contribution in [3.63, 3.8) is 0 Å². The van der Waals surface area contributed by atoms with Crippen molar-refractivity contribution in [2.45, 2.75) is 0 Å². The molecule has 17 heavy (non-hydrogen) atoms.